The maximum atomic E-state index is 10.1. The number of benzene rings is 2. The van der Waals surface area contributed by atoms with Crippen molar-refractivity contribution in [3.63, 3.8) is 0 Å². The Morgan fingerprint density at radius 1 is 0.971 bits per heavy atom. The molecule has 0 saturated heterocycles. The third-order valence-corrected chi connectivity index (χ3v) is 5.81. The number of pyridine rings is 1. The van der Waals surface area contributed by atoms with Crippen molar-refractivity contribution in [1.29, 1.82) is 0 Å². The van der Waals surface area contributed by atoms with Crippen LogP contribution in [0.4, 0.5) is 11.5 Å². The van der Waals surface area contributed by atoms with Crippen LogP contribution in [0.25, 0.3) is 33.2 Å². The SMILES string of the molecule is COc1cc(-c2cncn2C)ccc1Nc1cc2cc(-c3cnn(CC(C)(C)O)c3)ccc2cn1. The Kier molecular flexibility index (Phi) is 5.74. The molecule has 0 fully saturated rings. The summed E-state index contributed by atoms with van der Waals surface area (Å²) in [4.78, 5) is 8.78. The van der Waals surface area contributed by atoms with Gasteiger partial charge in [-0.25, -0.2) is 9.97 Å². The molecule has 0 aliphatic heterocycles. The van der Waals surface area contributed by atoms with E-state index in [0.29, 0.717) is 6.54 Å². The average molecular weight is 469 g/mol. The number of aromatic nitrogens is 5. The number of methoxy groups -OCH3 is 1. The highest BCUT2D eigenvalue weighted by Gasteiger charge is 2.15. The van der Waals surface area contributed by atoms with Gasteiger partial charge in [-0.15, -0.1) is 0 Å². The second kappa shape index (κ2) is 8.88. The monoisotopic (exact) mass is 468 g/mol. The topological polar surface area (TPSA) is 90.0 Å². The zero-order valence-corrected chi connectivity index (χ0v) is 20.2. The minimum atomic E-state index is -0.823. The molecule has 5 aromatic rings. The molecule has 2 aromatic carbocycles. The van der Waals surface area contributed by atoms with Gasteiger partial charge in [-0.3, -0.25) is 4.68 Å². The molecule has 0 aliphatic carbocycles. The number of rotatable bonds is 7. The van der Waals surface area contributed by atoms with Crippen LogP contribution in [0.2, 0.25) is 0 Å². The minimum absolute atomic E-state index is 0.430. The first-order chi connectivity index (χ1) is 16.8. The van der Waals surface area contributed by atoms with Gasteiger partial charge < -0.3 is 19.7 Å². The second-order valence-corrected chi connectivity index (χ2v) is 9.30. The van der Waals surface area contributed by atoms with Crippen LogP contribution in [0.15, 0.2) is 73.6 Å². The molecule has 0 bridgehead atoms. The molecule has 8 nitrogen and oxygen atoms in total. The third-order valence-electron chi connectivity index (χ3n) is 5.81. The van der Waals surface area contributed by atoms with Crippen LogP contribution in [0.5, 0.6) is 5.75 Å². The van der Waals surface area contributed by atoms with Crippen molar-refractivity contribution in [1.82, 2.24) is 24.3 Å². The normalized spacial score (nSPS) is 11.7. The van der Waals surface area contributed by atoms with Crippen molar-refractivity contribution in [2.45, 2.75) is 26.0 Å². The number of nitrogens with zero attached hydrogens (tertiary/aromatic N) is 5. The summed E-state index contributed by atoms with van der Waals surface area (Å²) in [6.45, 7) is 3.97. The summed E-state index contributed by atoms with van der Waals surface area (Å²) < 4.78 is 9.39. The smallest absolute Gasteiger partial charge is 0.143 e. The number of fused-ring (bicyclic) bond motifs is 1. The van der Waals surface area contributed by atoms with Gasteiger partial charge >= 0.3 is 0 Å². The highest BCUT2D eigenvalue weighted by Crippen LogP contribution is 2.33. The molecule has 0 amide bonds. The third kappa shape index (κ3) is 4.88. The lowest BCUT2D eigenvalue weighted by molar-refractivity contribution is 0.0577. The van der Waals surface area contributed by atoms with E-state index in [1.54, 1.807) is 32.0 Å². The van der Waals surface area contributed by atoms with E-state index < -0.39 is 5.60 Å². The molecule has 8 heteroatoms. The zero-order chi connectivity index (χ0) is 24.6. The predicted octanol–water partition coefficient (Wildman–Crippen LogP) is 5.02. The van der Waals surface area contributed by atoms with Crippen molar-refractivity contribution in [3.05, 3.63) is 73.6 Å². The summed E-state index contributed by atoms with van der Waals surface area (Å²) in [7, 11) is 3.62. The summed E-state index contributed by atoms with van der Waals surface area (Å²) in [6, 6.07) is 14.3. The Hall–Kier alpha value is -4.17. The van der Waals surface area contributed by atoms with Crippen LogP contribution in [0.3, 0.4) is 0 Å². The van der Waals surface area contributed by atoms with Crippen LogP contribution < -0.4 is 10.1 Å². The molecule has 0 saturated carbocycles. The van der Waals surface area contributed by atoms with Crippen molar-refractivity contribution < 1.29 is 9.84 Å². The molecule has 35 heavy (non-hydrogen) atoms. The van der Waals surface area contributed by atoms with E-state index in [2.05, 4.69) is 38.6 Å². The lowest BCUT2D eigenvalue weighted by Gasteiger charge is -2.16. The summed E-state index contributed by atoms with van der Waals surface area (Å²) in [6.07, 6.45) is 9.24. The number of nitrogens with one attached hydrogen (secondary N) is 1. The zero-order valence-electron chi connectivity index (χ0n) is 20.2. The Morgan fingerprint density at radius 2 is 1.80 bits per heavy atom. The predicted molar refractivity (Wildman–Crippen MR) is 138 cm³/mol. The van der Waals surface area contributed by atoms with Crippen molar-refractivity contribution in [3.8, 4) is 28.1 Å². The largest absolute Gasteiger partial charge is 0.495 e. The van der Waals surface area contributed by atoms with Crippen molar-refractivity contribution in [2.75, 3.05) is 12.4 Å². The molecule has 0 aliphatic rings. The van der Waals surface area contributed by atoms with Gasteiger partial charge in [0.25, 0.3) is 0 Å². The summed E-state index contributed by atoms with van der Waals surface area (Å²) in [5, 5.41) is 20.0. The number of imidazole rings is 1. The lowest BCUT2D eigenvalue weighted by Crippen LogP contribution is -2.26. The quantitative estimate of drug-likeness (QED) is 0.349. The van der Waals surface area contributed by atoms with Gasteiger partial charge in [-0.2, -0.15) is 5.10 Å². The Labute approximate surface area is 203 Å². The van der Waals surface area contributed by atoms with E-state index in [4.69, 9.17) is 4.74 Å². The molecule has 3 aromatic heterocycles. The number of hydrogen-bond acceptors (Lipinski definition) is 6. The molecule has 5 rings (SSSR count). The van der Waals surface area contributed by atoms with Gasteiger partial charge in [0.05, 0.1) is 49.4 Å². The van der Waals surface area contributed by atoms with Gasteiger partial charge in [0.2, 0.25) is 0 Å². The van der Waals surface area contributed by atoms with Gasteiger partial charge in [0, 0.05) is 36.0 Å². The number of aliphatic hydroxyl groups is 1. The van der Waals surface area contributed by atoms with Crippen molar-refractivity contribution >= 4 is 22.3 Å². The fraction of sp³-hybridized carbons (Fsp3) is 0.222. The second-order valence-electron chi connectivity index (χ2n) is 9.30. The fourth-order valence-electron chi connectivity index (χ4n) is 4.11. The van der Waals surface area contributed by atoms with Gasteiger partial charge in [-0.1, -0.05) is 18.2 Å². The molecule has 0 unspecified atom stereocenters. The Balaban J connectivity index is 1.42. The van der Waals surface area contributed by atoms with E-state index in [-0.39, 0.29) is 0 Å². The molecule has 0 atom stereocenters. The van der Waals surface area contributed by atoms with Gasteiger partial charge in [-0.05, 0) is 49.1 Å². The molecule has 3 heterocycles. The Morgan fingerprint density at radius 3 is 2.54 bits per heavy atom. The molecule has 178 valence electrons. The average Bonchev–Trinajstić information content (AvgIpc) is 3.46. The highest BCUT2D eigenvalue weighted by molar-refractivity contribution is 5.89. The Bertz CT molecular complexity index is 1500. The van der Waals surface area contributed by atoms with Gasteiger partial charge in [0.15, 0.2) is 0 Å². The van der Waals surface area contributed by atoms with Crippen LogP contribution in [-0.4, -0.2) is 42.1 Å². The van der Waals surface area contributed by atoms with E-state index in [1.807, 2.05) is 60.7 Å². The van der Waals surface area contributed by atoms with Crippen LogP contribution in [-0.2, 0) is 13.6 Å². The molecule has 0 spiro atoms. The number of aryl methyl sites for hydroxylation is 1. The molecule has 2 N–H and O–H groups in total. The molecular weight excluding hydrogens is 440 g/mol. The van der Waals surface area contributed by atoms with E-state index in [9.17, 15) is 5.11 Å². The number of ether oxygens (including phenoxy) is 1. The molecular formula is C27H28N6O2. The summed E-state index contributed by atoms with van der Waals surface area (Å²) >= 11 is 0. The highest BCUT2D eigenvalue weighted by atomic mass is 16.5. The maximum Gasteiger partial charge on any atom is 0.143 e. The maximum absolute atomic E-state index is 10.1. The first-order valence-corrected chi connectivity index (χ1v) is 11.4. The fourth-order valence-corrected chi connectivity index (χ4v) is 4.11. The van der Waals surface area contributed by atoms with E-state index in [1.165, 1.54) is 0 Å². The van der Waals surface area contributed by atoms with Crippen LogP contribution >= 0.6 is 0 Å². The van der Waals surface area contributed by atoms with E-state index >= 15 is 0 Å². The lowest BCUT2D eigenvalue weighted by atomic mass is 10.0. The summed E-state index contributed by atoms with van der Waals surface area (Å²) in [5.41, 5.74) is 4.08. The number of anilines is 2. The van der Waals surface area contributed by atoms with Crippen LogP contribution in [0, 0.1) is 0 Å². The number of hydrogen-bond donors (Lipinski definition) is 2. The first kappa shape index (κ1) is 22.6. The molecule has 0 radical (unpaired) electrons. The summed E-state index contributed by atoms with van der Waals surface area (Å²) in [5.74, 6) is 1.44. The standard InChI is InChI=1S/C27H28N6O2/c1-27(2,34)16-33-15-22(13-30-33)18-5-6-20-12-29-26(11-21(20)9-18)31-23-8-7-19(10-25(23)35-4)24-14-28-17-32(24)3/h5-15,17,34H,16H2,1-4H3,(H,29,31). The minimum Gasteiger partial charge on any atom is -0.495 e. The van der Waals surface area contributed by atoms with E-state index in [0.717, 1.165) is 50.4 Å². The first-order valence-electron chi connectivity index (χ1n) is 11.4. The van der Waals surface area contributed by atoms with Crippen molar-refractivity contribution in [2.24, 2.45) is 7.05 Å². The van der Waals surface area contributed by atoms with Gasteiger partial charge in [0.1, 0.15) is 11.6 Å². The van der Waals surface area contributed by atoms with Crippen LogP contribution in [0.1, 0.15) is 13.8 Å².